The molecular weight excluding hydrogens is 358 g/mol. The second kappa shape index (κ2) is 7.33. The van der Waals surface area contributed by atoms with Gasteiger partial charge in [-0.3, -0.25) is 4.79 Å². The maximum atomic E-state index is 12.1. The van der Waals surface area contributed by atoms with E-state index in [1.807, 2.05) is 38.1 Å². The molecule has 0 atom stereocenters. The van der Waals surface area contributed by atoms with Crippen LogP contribution in [0.25, 0.3) is 6.08 Å². The molecule has 1 N–H and O–H groups in total. The van der Waals surface area contributed by atoms with Gasteiger partial charge < -0.3 is 9.84 Å². The average Bonchev–Trinajstić information content (AvgIpc) is 2.92. The van der Waals surface area contributed by atoms with Crippen molar-refractivity contribution in [2.24, 2.45) is 4.99 Å². The monoisotopic (exact) mass is 373 g/mol. The fourth-order valence-corrected chi connectivity index (χ4v) is 3.33. The van der Waals surface area contributed by atoms with Gasteiger partial charge in [0.05, 0.1) is 16.0 Å². The summed E-state index contributed by atoms with van der Waals surface area (Å²) in [6.07, 6.45) is 1.91. The van der Waals surface area contributed by atoms with Crippen LogP contribution in [0.1, 0.15) is 25.0 Å². The fraction of sp³-hybridized carbons (Fsp3) is 0.158. The highest BCUT2D eigenvalue weighted by molar-refractivity contribution is 8.19. The van der Waals surface area contributed by atoms with Crippen molar-refractivity contribution in [1.29, 1.82) is 0 Å². The van der Waals surface area contributed by atoms with E-state index in [2.05, 4.69) is 4.99 Å². The number of thioether (sulfide) groups is 1. The van der Waals surface area contributed by atoms with E-state index in [0.29, 0.717) is 15.5 Å². The third-order valence-corrected chi connectivity index (χ3v) is 4.70. The summed E-state index contributed by atoms with van der Waals surface area (Å²) in [5, 5.41) is 10.3. The fourth-order valence-electron chi connectivity index (χ4n) is 2.24. The number of halogens is 1. The van der Waals surface area contributed by atoms with Crippen LogP contribution in [-0.4, -0.2) is 22.2 Å². The normalized spacial score (nSPS) is 15.8. The zero-order chi connectivity index (χ0) is 18.0. The maximum Gasteiger partial charge on any atom is 0.284 e. The van der Waals surface area contributed by atoms with Crippen molar-refractivity contribution in [3.8, 4) is 11.5 Å². The number of hydrogen-bond acceptors (Lipinski definition) is 4. The van der Waals surface area contributed by atoms with Gasteiger partial charge in [0.1, 0.15) is 16.5 Å². The van der Waals surface area contributed by atoms with Crippen molar-refractivity contribution in [3.63, 3.8) is 0 Å². The summed E-state index contributed by atoms with van der Waals surface area (Å²) in [6, 6.07) is 12.3. The van der Waals surface area contributed by atoms with E-state index in [1.54, 1.807) is 18.2 Å². The molecule has 0 spiro atoms. The van der Waals surface area contributed by atoms with Gasteiger partial charge in [-0.1, -0.05) is 35.5 Å². The van der Waals surface area contributed by atoms with Gasteiger partial charge in [-0.2, -0.15) is 0 Å². The van der Waals surface area contributed by atoms with Gasteiger partial charge in [0.15, 0.2) is 0 Å². The van der Waals surface area contributed by atoms with Crippen molar-refractivity contribution in [3.05, 3.63) is 63.5 Å². The molecule has 128 valence electrons. The Morgan fingerprint density at radius 1 is 1.20 bits per heavy atom. The molecule has 0 saturated carbocycles. The highest BCUT2D eigenvalue weighted by Gasteiger charge is 2.23. The first-order valence-corrected chi connectivity index (χ1v) is 8.90. The first kappa shape index (κ1) is 17.6. The number of phenols is 1. The van der Waals surface area contributed by atoms with Crippen LogP contribution in [0, 0.1) is 0 Å². The molecule has 1 amide bonds. The van der Waals surface area contributed by atoms with Crippen LogP contribution in [0.5, 0.6) is 11.5 Å². The number of carbonyl (C=O) groups is 1. The molecule has 0 fully saturated rings. The Kier molecular flexibility index (Phi) is 5.16. The van der Waals surface area contributed by atoms with Crippen LogP contribution in [0.15, 0.2) is 52.4 Å². The van der Waals surface area contributed by atoms with Crippen molar-refractivity contribution in [2.75, 3.05) is 0 Å². The minimum Gasteiger partial charge on any atom is -0.506 e. The molecule has 6 heteroatoms. The number of hydrogen-bond donors (Lipinski definition) is 1. The molecule has 4 nitrogen and oxygen atoms in total. The molecule has 0 radical (unpaired) electrons. The number of phenolic OH excluding ortho intramolecular Hbond substituents is 1. The van der Waals surface area contributed by atoms with Gasteiger partial charge >= 0.3 is 0 Å². The maximum absolute atomic E-state index is 12.1. The summed E-state index contributed by atoms with van der Waals surface area (Å²) in [5.74, 6) is 0.504. The summed E-state index contributed by atoms with van der Waals surface area (Å²) in [7, 11) is 0. The quantitative estimate of drug-likeness (QED) is 0.775. The summed E-state index contributed by atoms with van der Waals surface area (Å²) >= 11 is 7.21. The molecule has 1 heterocycles. The molecule has 25 heavy (non-hydrogen) atoms. The van der Waals surface area contributed by atoms with Gasteiger partial charge in [-0.25, -0.2) is 4.99 Å². The van der Waals surface area contributed by atoms with E-state index in [1.165, 1.54) is 17.8 Å². The molecule has 0 aromatic heterocycles. The highest BCUT2D eigenvalue weighted by Crippen LogP contribution is 2.34. The Morgan fingerprint density at radius 2 is 1.92 bits per heavy atom. The lowest BCUT2D eigenvalue weighted by Crippen LogP contribution is -2.05. The van der Waals surface area contributed by atoms with Gasteiger partial charge in [-0.15, -0.1) is 0 Å². The Bertz CT molecular complexity index is 873. The van der Waals surface area contributed by atoms with E-state index < -0.39 is 0 Å². The Balaban J connectivity index is 1.77. The summed E-state index contributed by atoms with van der Waals surface area (Å²) < 4.78 is 5.61. The van der Waals surface area contributed by atoms with E-state index in [0.717, 1.165) is 11.3 Å². The van der Waals surface area contributed by atoms with Crippen molar-refractivity contribution < 1.29 is 14.6 Å². The number of nitrogens with zero attached hydrogens (tertiary/aromatic N) is 1. The summed E-state index contributed by atoms with van der Waals surface area (Å²) in [4.78, 5) is 16.8. The van der Waals surface area contributed by atoms with Crippen LogP contribution in [0.3, 0.4) is 0 Å². The van der Waals surface area contributed by atoms with E-state index in [-0.39, 0.29) is 22.8 Å². The smallest absolute Gasteiger partial charge is 0.284 e. The minimum absolute atomic E-state index is 0.000174. The predicted molar refractivity (Wildman–Crippen MR) is 102 cm³/mol. The van der Waals surface area contributed by atoms with E-state index in [9.17, 15) is 9.90 Å². The molecule has 2 aromatic carbocycles. The van der Waals surface area contributed by atoms with Crippen LogP contribution in [-0.2, 0) is 4.79 Å². The zero-order valence-electron chi connectivity index (χ0n) is 13.7. The lowest BCUT2D eigenvalue weighted by atomic mass is 10.2. The molecule has 1 aliphatic heterocycles. The lowest BCUT2D eigenvalue weighted by molar-refractivity contribution is -0.113. The predicted octanol–water partition coefficient (Wildman–Crippen LogP) is 4.89. The summed E-state index contributed by atoms with van der Waals surface area (Å²) in [6.45, 7) is 3.94. The van der Waals surface area contributed by atoms with Crippen LogP contribution in [0.4, 0.5) is 0 Å². The molecule has 0 unspecified atom stereocenters. The van der Waals surface area contributed by atoms with Crippen LogP contribution >= 0.6 is 23.4 Å². The third-order valence-electron chi connectivity index (χ3n) is 3.36. The van der Waals surface area contributed by atoms with Crippen LogP contribution in [0.2, 0.25) is 5.02 Å². The van der Waals surface area contributed by atoms with Crippen molar-refractivity contribution in [2.45, 2.75) is 20.0 Å². The van der Waals surface area contributed by atoms with Gasteiger partial charge in [0.2, 0.25) is 0 Å². The largest absolute Gasteiger partial charge is 0.506 e. The number of rotatable bonds is 4. The van der Waals surface area contributed by atoms with E-state index >= 15 is 0 Å². The molecular formula is C19H16ClNO3S. The van der Waals surface area contributed by atoms with Crippen molar-refractivity contribution >= 4 is 40.4 Å². The molecule has 0 aliphatic carbocycles. The molecule has 0 saturated heterocycles. The van der Waals surface area contributed by atoms with E-state index in [4.69, 9.17) is 16.3 Å². The van der Waals surface area contributed by atoms with Crippen molar-refractivity contribution in [1.82, 2.24) is 0 Å². The number of ether oxygens (including phenoxy) is 1. The number of aromatic hydroxyl groups is 1. The highest BCUT2D eigenvalue weighted by atomic mass is 35.5. The average molecular weight is 374 g/mol. The molecule has 1 aliphatic rings. The number of amides is 1. The zero-order valence-corrected chi connectivity index (χ0v) is 15.3. The second-order valence-corrected chi connectivity index (χ2v) is 7.17. The summed E-state index contributed by atoms with van der Waals surface area (Å²) in [5.41, 5.74) is 1.59. The molecule has 2 aromatic rings. The van der Waals surface area contributed by atoms with Gasteiger partial charge in [-0.05, 0) is 55.8 Å². The Labute approximate surface area is 155 Å². The molecule has 0 bridgehead atoms. The number of carbonyl (C=O) groups excluding carboxylic acids is 1. The minimum atomic E-state index is -0.285. The first-order valence-electron chi connectivity index (χ1n) is 7.70. The Morgan fingerprint density at radius 3 is 2.56 bits per heavy atom. The van der Waals surface area contributed by atoms with Gasteiger partial charge in [0, 0.05) is 5.56 Å². The standard InChI is InChI=1S/C19H16ClNO3S/c1-11(2)24-14-6-3-12(4-7-14)9-17-18(23)21-19(25-17)13-5-8-16(22)15(20)10-13/h3-11,22H,1-2H3/b17-9-. The number of aliphatic imine (C=N–C) groups is 1. The topological polar surface area (TPSA) is 58.9 Å². The number of benzene rings is 2. The molecule has 3 rings (SSSR count). The second-order valence-electron chi connectivity index (χ2n) is 5.73. The lowest BCUT2D eigenvalue weighted by Gasteiger charge is -2.09. The Hall–Kier alpha value is -2.24. The van der Waals surface area contributed by atoms with Gasteiger partial charge in [0.25, 0.3) is 5.91 Å². The SMILES string of the molecule is CC(C)Oc1ccc(/C=C2\SC(c3ccc(O)c(Cl)c3)=NC2=O)cc1. The first-order chi connectivity index (χ1) is 11.9. The van der Waals surface area contributed by atoms with Crippen LogP contribution < -0.4 is 4.74 Å². The third kappa shape index (κ3) is 4.24.